The number of aliphatic hydroxyl groups excluding tert-OH is 1. The van der Waals surface area contributed by atoms with Crippen LogP contribution in [0.25, 0.3) is 0 Å². The van der Waals surface area contributed by atoms with Gasteiger partial charge in [-0.1, -0.05) is 5.16 Å². The predicted octanol–water partition coefficient (Wildman–Crippen LogP) is 1.35. The fourth-order valence-electron chi connectivity index (χ4n) is 1.63. The van der Waals surface area contributed by atoms with Crippen LogP contribution in [0.2, 0.25) is 0 Å². The summed E-state index contributed by atoms with van der Waals surface area (Å²) >= 11 is 3.23. The molecule has 2 rings (SSSR count). The minimum absolute atomic E-state index is 0.0302. The lowest BCUT2D eigenvalue weighted by atomic mass is 10.1. The third-order valence-electron chi connectivity index (χ3n) is 2.31. The second kappa shape index (κ2) is 3.77. The van der Waals surface area contributed by atoms with Gasteiger partial charge in [-0.3, -0.25) is 0 Å². The maximum atomic E-state index is 9.09. The van der Waals surface area contributed by atoms with Crippen LogP contribution in [0.5, 0.6) is 0 Å². The highest BCUT2D eigenvalue weighted by Crippen LogP contribution is 2.29. The average Bonchev–Trinajstić information content (AvgIpc) is 2.71. The summed E-state index contributed by atoms with van der Waals surface area (Å²) in [6.45, 7) is 0.978. The molecular weight excluding hydrogens is 236 g/mol. The highest BCUT2D eigenvalue weighted by Gasteiger charge is 2.25. The SMILES string of the molecule is OCc1c(Br)noc1C1CCCN1. The first-order chi connectivity index (χ1) is 6.33. The van der Waals surface area contributed by atoms with Crippen LogP contribution in [0.3, 0.4) is 0 Å². The number of halogens is 1. The van der Waals surface area contributed by atoms with Crippen LogP contribution < -0.4 is 5.32 Å². The zero-order valence-corrected chi connectivity index (χ0v) is 8.67. The first kappa shape index (κ1) is 9.18. The van der Waals surface area contributed by atoms with Crippen LogP contribution in [0.15, 0.2) is 9.13 Å². The van der Waals surface area contributed by atoms with Crippen molar-refractivity contribution in [3.8, 4) is 0 Å². The van der Waals surface area contributed by atoms with Crippen LogP contribution in [0.1, 0.15) is 30.2 Å². The van der Waals surface area contributed by atoms with Crippen molar-refractivity contribution in [1.82, 2.24) is 10.5 Å². The molecule has 0 saturated carbocycles. The van der Waals surface area contributed by atoms with E-state index in [0.717, 1.165) is 30.7 Å². The van der Waals surface area contributed by atoms with Gasteiger partial charge in [0.25, 0.3) is 0 Å². The lowest BCUT2D eigenvalue weighted by molar-refractivity contribution is 0.273. The monoisotopic (exact) mass is 246 g/mol. The maximum absolute atomic E-state index is 9.09. The second-order valence-electron chi connectivity index (χ2n) is 3.12. The quantitative estimate of drug-likeness (QED) is 0.828. The van der Waals surface area contributed by atoms with Gasteiger partial charge in [-0.15, -0.1) is 0 Å². The molecule has 1 atom stereocenters. The molecule has 1 fully saturated rings. The highest BCUT2D eigenvalue weighted by atomic mass is 79.9. The van der Waals surface area contributed by atoms with E-state index in [2.05, 4.69) is 26.4 Å². The molecule has 72 valence electrons. The standard InChI is InChI=1S/C8H11BrN2O2/c9-8-5(4-12)7(13-11-8)6-2-1-3-10-6/h6,10,12H,1-4H2. The maximum Gasteiger partial charge on any atom is 0.160 e. The van der Waals surface area contributed by atoms with Crippen molar-refractivity contribution in [3.05, 3.63) is 15.9 Å². The fraction of sp³-hybridized carbons (Fsp3) is 0.625. The van der Waals surface area contributed by atoms with Crippen LogP contribution in [0, 0.1) is 0 Å². The van der Waals surface area contributed by atoms with E-state index in [0.29, 0.717) is 4.60 Å². The Labute approximate surface area is 84.4 Å². The van der Waals surface area contributed by atoms with E-state index in [1.165, 1.54) is 0 Å². The Morgan fingerprint density at radius 3 is 3.15 bits per heavy atom. The minimum Gasteiger partial charge on any atom is -0.391 e. The third-order valence-corrected chi connectivity index (χ3v) is 2.93. The molecule has 1 unspecified atom stereocenters. The number of nitrogens with one attached hydrogen (secondary N) is 1. The Morgan fingerprint density at radius 1 is 1.69 bits per heavy atom. The van der Waals surface area contributed by atoms with E-state index < -0.39 is 0 Å². The smallest absolute Gasteiger partial charge is 0.160 e. The van der Waals surface area contributed by atoms with Gasteiger partial charge in [0.05, 0.1) is 18.2 Å². The highest BCUT2D eigenvalue weighted by molar-refractivity contribution is 9.10. The third kappa shape index (κ3) is 1.63. The van der Waals surface area contributed by atoms with Gasteiger partial charge in [-0.05, 0) is 35.3 Å². The summed E-state index contributed by atoms with van der Waals surface area (Å²) in [5.41, 5.74) is 0.763. The molecule has 4 nitrogen and oxygen atoms in total. The van der Waals surface area contributed by atoms with Crippen LogP contribution in [0.4, 0.5) is 0 Å². The Morgan fingerprint density at radius 2 is 2.54 bits per heavy atom. The molecule has 1 aliphatic rings. The van der Waals surface area contributed by atoms with E-state index in [1.54, 1.807) is 0 Å². The van der Waals surface area contributed by atoms with Crippen molar-refractivity contribution in [2.24, 2.45) is 0 Å². The summed E-state index contributed by atoms with van der Waals surface area (Å²) in [6, 6.07) is 0.223. The van der Waals surface area contributed by atoms with Crippen molar-refractivity contribution in [1.29, 1.82) is 0 Å². The minimum atomic E-state index is -0.0302. The van der Waals surface area contributed by atoms with E-state index >= 15 is 0 Å². The molecule has 0 spiro atoms. The normalized spacial score (nSPS) is 22.5. The molecule has 1 aromatic heterocycles. The Kier molecular flexibility index (Phi) is 2.66. The summed E-state index contributed by atoms with van der Waals surface area (Å²) in [6.07, 6.45) is 2.20. The topological polar surface area (TPSA) is 58.3 Å². The molecule has 0 bridgehead atoms. The molecule has 2 N–H and O–H groups in total. The molecule has 1 aromatic rings. The van der Waals surface area contributed by atoms with Gasteiger partial charge < -0.3 is 14.9 Å². The molecule has 0 aliphatic carbocycles. The molecule has 0 aromatic carbocycles. The first-order valence-electron chi connectivity index (χ1n) is 4.31. The van der Waals surface area contributed by atoms with Crippen molar-refractivity contribution < 1.29 is 9.63 Å². The summed E-state index contributed by atoms with van der Waals surface area (Å²) < 4.78 is 5.76. The van der Waals surface area contributed by atoms with E-state index in [1.807, 2.05) is 0 Å². The van der Waals surface area contributed by atoms with E-state index in [9.17, 15) is 0 Å². The van der Waals surface area contributed by atoms with Crippen molar-refractivity contribution in [2.45, 2.75) is 25.5 Å². The number of aromatic nitrogens is 1. The van der Waals surface area contributed by atoms with E-state index in [4.69, 9.17) is 9.63 Å². The molecule has 0 radical (unpaired) electrons. The molecule has 13 heavy (non-hydrogen) atoms. The summed E-state index contributed by atoms with van der Waals surface area (Å²) in [5.74, 6) is 0.770. The number of nitrogens with zero attached hydrogens (tertiary/aromatic N) is 1. The van der Waals surface area contributed by atoms with Gasteiger partial charge in [0.2, 0.25) is 0 Å². The van der Waals surface area contributed by atoms with Crippen LogP contribution in [-0.2, 0) is 6.61 Å². The van der Waals surface area contributed by atoms with Crippen molar-refractivity contribution >= 4 is 15.9 Å². The lowest BCUT2D eigenvalue weighted by Crippen LogP contribution is -2.13. The van der Waals surface area contributed by atoms with Gasteiger partial charge in [-0.25, -0.2) is 0 Å². The van der Waals surface area contributed by atoms with Gasteiger partial charge in [0, 0.05) is 0 Å². The van der Waals surface area contributed by atoms with Gasteiger partial charge >= 0.3 is 0 Å². The number of hydrogen-bond acceptors (Lipinski definition) is 4. The molecule has 1 saturated heterocycles. The number of hydrogen-bond donors (Lipinski definition) is 2. The predicted molar refractivity (Wildman–Crippen MR) is 50.1 cm³/mol. The number of rotatable bonds is 2. The largest absolute Gasteiger partial charge is 0.391 e. The zero-order chi connectivity index (χ0) is 9.26. The van der Waals surface area contributed by atoms with Gasteiger partial charge in [0.1, 0.15) is 0 Å². The second-order valence-corrected chi connectivity index (χ2v) is 3.87. The average molecular weight is 247 g/mol. The molecule has 0 amide bonds. The van der Waals surface area contributed by atoms with Gasteiger partial charge in [0.15, 0.2) is 10.4 Å². The Hall–Kier alpha value is -0.390. The van der Waals surface area contributed by atoms with Crippen molar-refractivity contribution in [3.63, 3.8) is 0 Å². The number of aliphatic hydroxyl groups is 1. The Bertz CT molecular complexity index is 294. The van der Waals surface area contributed by atoms with Crippen LogP contribution >= 0.6 is 15.9 Å². The van der Waals surface area contributed by atoms with E-state index in [-0.39, 0.29) is 12.6 Å². The first-order valence-corrected chi connectivity index (χ1v) is 5.10. The van der Waals surface area contributed by atoms with Gasteiger partial charge in [-0.2, -0.15) is 0 Å². The summed E-state index contributed by atoms with van der Waals surface area (Å²) in [7, 11) is 0. The molecule has 1 aliphatic heterocycles. The molecule has 2 heterocycles. The summed E-state index contributed by atoms with van der Waals surface area (Å²) in [4.78, 5) is 0. The molecular formula is C8H11BrN2O2. The molecule has 5 heteroatoms. The lowest BCUT2D eigenvalue weighted by Gasteiger charge is -2.06. The van der Waals surface area contributed by atoms with Crippen LogP contribution in [-0.4, -0.2) is 16.8 Å². The Balaban J connectivity index is 2.27. The summed E-state index contributed by atoms with van der Waals surface area (Å²) in [5, 5.41) is 16.2. The van der Waals surface area contributed by atoms with Crippen molar-refractivity contribution in [2.75, 3.05) is 6.54 Å². The zero-order valence-electron chi connectivity index (χ0n) is 7.09. The fourth-order valence-corrected chi connectivity index (χ4v) is 2.02.